The van der Waals surface area contributed by atoms with Gasteiger partial charge in [-0.2, -0.15) is 0 Å². The van der Waals surface area contributed by atoms with Crippen LogP contribution in [0.4, 0.5) is 5.13 Å². The third-order valence-electron chi connectivity index (χ3n) is 4.51. The number of nitrogens with one attached hydrogen (secondary N) is 1. The minimum Gasteiger partial charge on any atom is -0.377 e. The monoisotopic (exact) mass is 338 g/mol. The van der Waals surface area contributed by atoms with Crippen molar-refractivity contribution < 1.29 is 14.3 Å². The molecule has 1 aromatic heterocycles. The molecule has 2 amide bonds. The summed E-state index contributed by atoms with van der Waals surface area (Å²) in [5, 5.41) is 11.8. The molecule has 0 radical (unpaired) electrons. The zero-order valence-corrected chi connectivity index (χ0v) is 14.1. The van der Waals surface area contributed by atoms with Crippen LogP contribution in [0, 0.1) is 5.92 Å². The largest absolute Gasteiger partial charge is 0.377 e. The van der Waals surface area contributed by atoms with Gasteiger partial charge in [0.15, 0.2) is 0 Å². The molecule has 2 aliphatic rings. The van der Waals surface area contributed by atoms with Crippen LogP contribution in [-0.4, -0.2) is 46.6 Å². The molecule has 1 atom stereocenters. The van der Waals surface area contributed by atoms with Crippen molar-refractivity contribution in [2.45, 2.75) is 51.2 Å². The van der Waals surface area contributed by atoms with Crippen LogP contribution >= 0.6 is 11.3 Å². The molecular weight excluding hydrogens is 316 g/mol. The molecule has 0 unspecified atom stereocenters. The number of likely N-dealkylation sites (tertiary alicyclic amines) is 1. The Balaban J connectivity index is 1.56. The van der Waals surface area contributed by atoms with Crippen molar-refractivity contribution in [2.75, 3.05) is 19.0 Å². The first-order valence-electron chi connectivity index (χ1n) is 8.09. The van der Waals surface area contributed by atoms with Crippen LogP contribution in [0.2, 0.25) is 0 Å². The lowest BCUT2D eigenvalue weighted by Crippen LogP contribution is -2.38. The Labute approximate surface area is 139 Å². The smallest absolute Gasteiger partial charge is 0.231 e. The number of amides is 2. The summed E-state index contributed by atoms with van der Waals surface area (Å²) in [5.74, 6) is -0.328. The van der Waals surface area contributed by atoms with Crippen molar-refractivity contribution in [3.8, 4) is 0 Å². The maximum Gasteiger partial charge on any atom is 0.231 e. The predicted molar refractivity (Wildman–Crippen MR) is 85.9 cm³/mol. The molecule has 0 spiro atoms. The summed E-state index contributed by atoms with van der Waals surface area (Å²) in [6, 6.07) is 0.323. The van der Waals surface area contributed by atoms with E-state index in [2.05, 4.69) is 15.5 Å². The highest BCUT2D eigenvalue weighted by molar-refractivity contribution is 7.15. The molecule has 0 bridgehead atoms. The number of carbonyl (C=O) groups is 2. The summed E-state index contributed by atoms with van der Waals surface area (Å²) in [7, 11) is 1.59. The topological polar surface area (TPSA) is 84.4 Å². The van der Waals surface area contributed by atoms with E-state index >= 15 is 0 Å². The number of ether oxygens (including phenoxy) is 1. The van der Waals surface area contributed by atoms with Crippen LogP contribution in [0.3, 0.4) is 0 Å². The normalized spacial score (nSPS) is 22.6. The quantitative estimate of drug-likeness (QED) is 0.885. The lowest BCUT2D eigenvalue weighted by Gasteiger charge is -2.31. The molecular formula is C15H22N4O3S. The van der Waals surface area contributed by atoms with Crippen LogP contribution in [0.25, 0.3) is 0 Å². The average Bonchev–Trinajstić information content (AvgIpc) is 3.15. The molecule has 1 aromatic rings. The van der Waals surface area contributed by atoms with Crippen molar-refractivity contribution in [2.24, 2.45) is 5.92 Å². The first kappa shape index (κ1) is 16.3. The van der Waals surface area contributed by atoms with Crippen LogP contribution in [-0.2, 0) is 20.9 Å². The second-order valence-corrected chi connectivity index (χ2v) is 7.22. The second-order valence-electron chi connectivity index (χ2n) is 6.16. The molecule has 8 heteroatoms. The van der Waals surface area contributed by atoms with Crippen molar-refractivity contribution in [1.29, 1.82) is 0 Å². The number of nitrogens with zero attached hydrogens (tertiary/aromatic N) is 3. The fraction of sp³-hybridized carbons (Fsp3) is 0.733. The molecule has 1 saturated carbocycles. The molecule has 126 valence electrons. The van der Waals surface area contributed by atoms with Crippen molar-refractivity contribution in [3.63, 3.8) is 0 Å². The van der Waals surface area contributed by atoms with Crippen LogP contribution in [0.5, 0.6) is 0 Å². The minimum atomic E-state index is -0.292. The Morgan fingerprint density at radius 2 is 2.13 bits per heavy atom. The van der Waals surface area contributed by atoms with Crippen LogP contribution in [0.1, 0.15) is 43.5 Å². The number of carbonyl (C=O) groups excluding carboxylic acids is 2. The fourth-order valence-corrected chi connectivity index (χ4v) is 4.06. The van der Waals surface area contributed by atoms with Gasteiger partial charge in [0.05, 0.1) is 5.92 Å². The van der Waals surface area contributed by atoms with E-state index in [0.29, 0.717) is 35.8 Å². The molecule has 3 rings (SSSR count). The van der Waals surface area contributed by atoms with E-state index in [9.17, 15) is 9.59 Å². The van der Waals surface area contributed by atoms with E-state index in [4.69, 9.17) is 4.74 Å². The Hall–Kier alpha value is -1.54. The Morgan fingerprint density at radius 3 is 2.87 bits per heavy atom. The van der Waals surface area contributed by atoms with Gasteiger partial charge in [-0.3, -0.25) is 9.59 Å². The van der Waals surface area contributed by atoms with Crippen LogP contribution in [0.15, 0.2) is 0 Å². The number of rotatable bonds is 5. The molecule has 1 N–H and O–H groups in total. The van der Waals surface area contributed by atoms with Gasteiger partial charge in [0.25, 0.3) is 0 Å². The van der Waals surface area contributed by atoms with Gasteiger partial charge in [-0.25, -0.2) is 0 Å². The summed E-state index contributed by atoms with van der Waals surface area (Å²) in [6.07, 6.45) is 6.04. The summed E-state index contributed by atoms with van der Waals surface area (Å²) in [6.45, 7) is 0.907. The Bertz CT molecular complexity index is 571. The number of anilines is 1. The van der Waals surface area contributed by atoms with Gasteiger partial charge in [-0.15, -0.1) is 10.2 Å². The molecule has 1 aliphatic heterocycles. The molecule has 2 fully saturated rings. The lowest BCUT2D eigenvalue weighted by atomic mass is 9.94. The van der Waals surface area contributed by atoms with Gasteiger partial charge in [0, 0.05) is 26.1 Å². The number of methoxy groups -OCH3 is 1. The third kappa shape index (κ3) is 3.87. The van der Waals surface area contributed by atoms with E-state index in [1.165, 1.54) is 30.6 Å². The van der Waals surface area contributed by atoms with E-state index < -0.39 is 0 Å². The lowest BCUT2D eigenvalue weighted by molar-refractivity contribution is -0.130. The van der Waals surface area contributed by atoms with Gasteiger partial charge in [0.2, 0.25) is 16.9 Å². The van der Waals surface area contributed by atoms with Gasteiger partial charge in [0.1, 0.15) is 11.6 Å². The second kappa shape index (κ2) is 7.35. The zero-order valence-electron chi connectivity index (χ0n) is 13.3. The van der Waals surface area contributed by atoms with Crippen molar-refractivity contribution in [3.05, 3.63) is 5.01 Å². The van der Waals surface area contributed by atoms with E-state index in [-0.39, 0.29) is 17.7 Å². The number of hydrogen-bond donors (Lipinski definition) is 1. The summed E-state index contributed by atoms with van der Waals surface area (Å²) >= 11 is 1.30. The molecule has 0 aromatic carbocycles. The van der Waals surface area contributed by atoms with Gasteiger partial charge < -0.3 is 15.0 Å². The first-order valence-corrected chi connectivity index (χ1v) is 8.90. The SMILES string of the molecule is COCc1nnc(NC(=O)[C@@H]2CC(=O)N(C3CCCCC3)C2)s1. The Morgan fingerprint density at radius 1 is 1.35 bits per heavy atom. The van der Waals surface area contributed by atoms with Gasteiger partial charge >= 0.3 is 0 Å². The highest BCUT2D eigenvalue weighted by atomic mass is 32.1. The maximum absolute atomic E-state index is 12.4. The minimum absolute atomic E-state index is 0.106. The van der Waals surface area contributed by atoms with Gasteiger partial charge in [-0.1, -0.05) is 30.6 Å². The van der Waals surface area contributed by atoms with E-state index in [1.807, 2.05) is 4.90 Å². The summed E-state index contributed by atoms with van der Waals surface area (Å²) in [4.78, 5) is 26.5. The Kier molecular flexibility index (Phi) is 5.22. The molecule has 1 aliphatic carbocycles. The van der Waals surface area contributed by atoms with Crippen molar-refractivity contribution in [1.82, 2.24) is 15.1 Å². The first-order chi connectivity index (χ1) is 11.2. The fourth-order valence-electron chi connectivity index (χ4n) is 3.35. The maximum atomic E-state index is 12.4. The highest BCUT2D eigenvalue weighted by Crippen LogP contribution is 2.29. The van der Waals surface area contributed by atoms with Gasteiger partial charge in [-0.05, 0) is 12.8 Å². The number of hydrogen-bond acceptors (Lipinski definition) is 6. The van der Waals surface area contributed by atoms with Crippen molar-refractivity contribution >= 4 is 28.3 Å². The molecule has 23 heavy (non-hydrogen) atoms. The predicted octanol–water partition coefficient (Wildman–Crippen LogP) is 1.80. The molecule has 7 nitrogen and oxygen atoms in total. The van der Waals surface area contributed by atoms with Crippen LogP contribution < -0.4 is 5.32 Å². The average molecular weight is 338 g/mol. The molecule has 2 heterocycles. The summed E-state index contributed by atoms with van der Waals surface area (Å²) < 4.78 is 4.99. The van der Waals surface area contributed by atoms with E-state index in [0.717, 1.165) is 12.8 Å². The number of aromatic nitrogens is 2. The zero-order chi connectivity index (χ0) is 16.2. The highest BCUT2D eigenvalue weighted by Gasteiger charge is 2.38. The standard InChI is InChI=1S/C15H22N4O3S/c1-22-9-12-17-18-15(23-12)16-14(21)10-7-13(20)19(8-10)11-5-3-2-4-6-11/h10-11H,2-9H2,1H3,(H,16,18,21)/t10-/m1/s1. The summed E-state index contributed by atoms with van der Waals surface area (Å²) in [5.41, 5.74) is 0. The third-order valence-corrected chi connectivity index (χ3v) is 5.32. The molecule has 1 saturated heterocycles. The van der Waals surface area contributed by atoms with E-state index in [1.54, 1.807) is 7.11 Å².